The summed E-state index contributed by atoms with van der Waals surface area (Å²) in [6.07, 6.45) is 4.00. The molecule has 7 heteroatoms. The van der Waals surface area contributed by atoms with Gasteiger partial charge < -0.3 is 14.2 Å². The zero-order chi connectivity index (χ0) is 23.7. The fraction of sp³-hybridized carbons (Fsp3) is 0.296. The van der Waals surface area contributed by atoms with Crippen molar-refractivity contribution in [2.24, 2.45) is 0 Å². The Hall–Kier alpha value is -3.58. The number of pyridine rings is 1. The summed E-state index contributed by atoms with van der Waals surface area (Å²) in [4.78, 5) is 30.1. The van der Waals surface area contributed by atoms with Crippen molar-refractivity contribution in [3.05, 3.63) is 83.3 Å². The van der Waals surface area contributed by atoms with Crippen LogP contribution < -0.4 is 4.74 Å². The quantitative estimate of drug-likeness (QED) is 0.466. The molecule has 0 N–H and O–H groups in total. The van der Waals surface area contributed by atoms with Crippen molar-refractivity contribution in [2.45, 2.75) is 30.8 Å². The zero-order valence-electron chi connectivity index (χ0n) is 18.8. The Balaban J connectivity index is 1.40. The van der Waals surface area contributed by atoms with Crippen molar-refractivity contribution in [3.8, 4) is 17.0 Å². The Morgan fingerprint density at radius 2 is 1.79 bits per heavy atom. The van der Waals surface area contributed by atoms with E-state index in [9.17, 15) is 14.0 Å². The monoisotopic (exact) mass is 461 g/mol. The molecule has 174 valence electrons. The van der Waals surface area contributed by atoms with Crippen LogP contribution in [0.3, 0.4) is 0 Å². The van der Waals surface area contributed by atoms with Crippen LogP contribution in [0.5, 0.6) is 5.75 Å². The molecule has 1 aliphatic heterocycles. The minimum absolute atomic E-state index is 0.0214. The second-order valence-electron chi connectivity index (χ2n) is 8.75. The average molecular weight is 461 g/mol. The summed E-state index contributed by atoms with van der Waals surface area (Å²) in [5.74, 6) is -0.264. The van der Waals surface area contributed by atoms with Gasteiger partial charge in [-0.05, 0) is 42.2 Å². The van der Waals surface area contributed by atoms with Crippen LogP contribution in [0.25, 0.3) is 11.3 Å². The van der Waals surface area contributed by atoms with Gasteiger partial charge in [0.05, 0.1) is 43.9 Å². The minimum atomic E-state index is -0.743. The Morgan fingerprint density at radius 3 is 2.38 bits per heavy atom. The van der Waals surface area contributed by atoms with Gasteiger partial charge in [-0.2, -0.15) is 0 Å². The fourth-order valence-electron chi connectivity index (χ4n) is 4.08. The predicted molar refractivity (Wildman–Crippen MR) is 122 cm³/mol. The lowest BCUT2D eigenvalue weighted by atomic mass is 9.73. The summed E-state index contributed by atoms with van der Waals surface area (Å²) in [5.41, 5.74) is 2.38. The first-order valence-electron chi connectivity index (χ1n) is 11.2. The number of hydrogen-bond donors (Lipinski definition) is 0. The molecule has 5 rings (SSSR count). The highest BCUT2D eigenvalue weighted by Crippen LogP contribution is 2.36. The second-order valence-corrected chi connectivity index (χ2v) is 8.75. The van der Waals surface area contributed by atoms with E-state index in [0.29, 0.717) is 30.2 Å². The third-order valence-corrected chi connectivity index (χ3v) is 6.31. The van der Waals surface area contributed by atoms with E-state index in [-0.39, 0.29) is 24.1 Å². The van der Waals surface area contributed by atoms with E-state index < -0.39 is 11.4 Å². The Bertz CT molecular complexity index is 1210. The molecule has 0 unspecified atom stereocenters. The van der Waals surface area contributed by atoms with Crippen molar-refractivity contribution in [3.63, 3.8) is 0 Å². The number of ether oxygens (including phenoxy) is 3. The number of esters is 1. The first-order chi connectivity index (χ1) is 16.5. The molecule has 0 spiro atoms. The van der Waals surface area contributed by atoms with Crippen LogP contribution in [0, 0.1) is 5.82 Å². The highest BCUT2D eigenvalue weighted by atomic mass is 19.1. The standard InChI is InChI=1S/C27H24FNO5/c1-32-26(31)23-13-22(34-21-10-11-21)14-29-25(23)18-4-6-19(7-5-18)27(15-33-16-27)24(30)12-17-2-8-20(28)9-3-17/h2-9,13-14,21H,10-12,15-16H2,1H3. The topological polar surface area (TPSA) is 74.7 Å². The maximum absolute atomic E-state index is 13.2. The number of Topliss-reactive ketones (excluding diaryl/α,β-unsaturated/α-hetero) is 1. The van der Waals surface area contributed by atoms with Gasteiger partial charge >= 0.3 is 5.97 Å². The number of aromatic nitrogens is 1. The number of carbonyl (C=O) groups excluding carboxylic acids is 2. The van der Waals surface area contributed by atoms with Gasteiger partial charge in [-0.15, -0.1) is 0 Å². The van der Waals surface area contributed by atoms with Crippen molar-refractivity contribution >= 4 is 11.8 Å². The summed E-state index contributed by atoms with van der Waals surface area (Å²) in [6.45, 7) is 0.594. The third kappa shape index (κ3) is 4.31. The maximum atomic E-state index is 13.2. The van der Waals surface area contributed by atoms with E-state index in [2.05, 4.69) is 4.98 Å². The molecule has 1 saturated carbocycles. The van der Waals surface area contributed by atoms with Crippen LogP contribution in [0.2, 0.25) is 0 Å². The summed E-state index contributed by atoms with van der Waals surface area (Å²) < 4.78 is 29.4. The van der Waals surface area contributed by atoms with Crippen molar-refractivity contribution in [2.75, 3.05) is 20.3 Å². The number of ketones is 1. The van der Waals surface area contributed by atoms with Gasteiger partial charge in [-0.3, -0.25) is 9.78 Å². The van der Waals surface area contributed by atoms with Gasteiger partial charge in [-0.25, -0.2) is 9.18 Å². The molecule has 6 nitrogen and oxygen atoms in total. The smallest absolute Gasteiger partial charge is 0.340 e. The molecule has 1 saturated heterocycles. The highest BCUT2D eigenvalue weighted by Gasteiger charge is 2.46. The average Bonchev–Trinajstić information content (AvgIpc) is 3.64. The van der Waals surface area contributed by atoms with E-state index in [4.69, 9.17) is 14.2 Å². The van der Waals surface area contributed by atoms with E-state index in [0.717, 1.165) is 29.5 Å². The van der Waals surface area contributed by atoms with Gasteiger partial charge in [0.15, 0.2) is 5.78 Å². The SMILES string of the molecule is COC(=O)c1cc(OC2CC2)cnc1-c1ccc(C2(C(=O)Cc3ccc(F)cc3)COC2)cc1. The molecule has 2 heterocycles. The molecule has 2 aliphatic rings. The summed E-state index contributed by atoms with van der Waals surface area (Å²) in [7, 11) is 1.33. The molecular formula is C27H24FNO5. The molecular weight excluding hydrogens is 437 g/mol. The number of rotatable bonds is 8. The molecule has 0 bridgehead atoms. The maximum Gasteiger partial charge on any atom is 0.340 e. The van der Waals surface area contributed by atoms with Gasteiger partial charge in [0.2, 0.25) is 0 Å². The van der Waals surface area contributed by atoms with Gasteiger partial charge in [0.25, 0.3) is 0 Å². The predicted octanol–water partition coefficient (Wildman–Crippen LogP) is 4.30. The van der Waals surface area contributed by atoms with Gasteiger partial charge in [-0.1, -0.05) is 36.4 Å². The fourth-order valence-corrected chi connectivity index (χ4v) is 4.08. The van der Waals surface area contributed by atoms with Crippen LogP contribution in [-0.4, -0.2) is 43.2 Å². The first kappa shape index (κ1) is 22.2. The molecule has 0 radical (unpaired) electrons. The number of nitrogens with zero attached hydrogens (tertiary/aromatic N) is 1. The zero-order valence-corrected chi connectivity index (χ0v) is 18.8. The minimum Gasteiger partial charge on any atom is -0.489 e. The van der Waals surface area contributed by atoms with E-state index in [1.807, 2.05) is 24.3 Å². The number of benzene rings is 2. The van der Waals surface area contributed by atoms with Crippen LogP contribution >= 0.6 is 0 Å². The Labute approximate surface area is 196 Å². The highest BCUT2D eigenvalue weighted by molar-refractivity contribution is 5.97. The van der Waals surface area contributed by atoms with E-state index in [1.165, 1.54) is 19.2 Å². The normalized spacial score (nSPS) is 16.4. The Kier molecular flexibility index (Phi) is 5.87. The first-order valence-corrected chi connectivity index (χ1v) is 11.2. The molecule has 3 aromatic rings. The summed E-state index contributed by atoms with van der Waals surface area (Å²) >= 11 is 0. The van der Waals surface area contributed by atoms with Crippen LogP contribution in [0.1, 0.15) is 34.3 Å². The lowest BCUT2D eigenvalue weighted by molar-refractivity contribution is -0.142. The molecule has 1 aromatic heterocycles. The second kappa shape index (κ2) is 8.99. The third-order valence-electron chi connectivity index (χ3n) is 6.31. The summed E-state index contributed by atoms with van der Waals surface area (Å²) in [5, 5.41) is 0. The van der Waals surface area contributed by atoms with Crippen LogP contribution in [0.15, 0.2) is 60.8 Å². The van der Waals surface area contributed by atoms with Crippen molar-refractivity contribution in [1.82, 2.24) is 4.98 Å². The van der Waals surface area contributed by atoms with Gasteiger partial charge in [0, 0.05) is 12.0 Å². The molecule has 1 aliphatic carbocycles. The molecule has 2 aromatic carbocycles. The van der Waals surface area contributed by atoms with E-state index >= 15 is 0 Å². The molecule has 0 amide bonds. The lowest BCUT2D eigenvalue weighted by Crippen LogP contribution is -2.53. The number of halogens is 1. The van der Waals surface area contributed by atoms with Crippen LogP contribution in [-0.2, 0) is 26.1 Å². The van der Waals surface area contributed by atoms with E-state index in [1.54, 1.807) is 24.4 Å². The van der Waals surface area contributed by atoms with Crippen LogP contribution in [0.4, 0.5) is 4.39 Å². The molecule has 34 heavy (non-hydrogen) atoms. The van der Waals surface area contributed by atoms with Crippen molar-refractivity contribution in [1.29, 1.82) is 0 Å². The molecule has 0 atom stereocenters. The van der Waals surface area contributed by atoms with Crippen molar-refractivity contribution < 1.29 is 28.2 Å². The molecule has 2 fully saturated rings. The van der Waals surface area contributed by atoms with Gasteiger partial charge in [0.1, 0.15) is 17.0 Å². The number of hydrogen-bond acceptors (Lipinski definition) is 6. The lowest BCUT2D eigenvalue weighted by Gasteiger charge is -2.40. The number of methoxy groups -OCH3 is 1. The summed E-state index contributed by atoms with van der Waals surface area (Å²) in [6, 6.07) is 15.1. The largest absolute Gasteiger partial charge is 0.489 e. The Morgan fingerprint density at radius 1 is 1.09 bits per heavy atom. The number of carbonyl (C=O) groups is 2.